The number of aromatic nitrogens is 3. The minimum absolute atomic E-state index is 0.187. The van der Waals surface area contributed by atoms with Crippen molar-refractivity contribution in [2.75, 3.05) is 14.2 Å². The number of hydrogen-bond donors (Lipinski definition) is 1. The first kappa shape index (κ1) is 12.6. The lowest BCUT2D eigenvalue weighted by molar-refractivity contribution is 0.399. The molecule has 2 aromatic heterocycles. The number of ether oxygens (including phenoxy) is 1. The van der Waals surface area contributed by atoms with Crippen LogP contribution in [0.25, 0.3) is 0 Å². The molecule has 5 heteroatoms. The summed E-state index contributed by atoms with van der Waals surface area (Å²) in [5.74, 6) is 0.806. The first-order valence-electron chi connectivity index (χ1n) is 5.87. The number of nitrogens with zero attached hydrogens (tertiary/aromatic N) is 3. The van der Waals surface area contributed by atoms with Crippen LogP contribution >= 0.6 is 0 Å². The second kappa shape index (κ2) is 5.64. The van der Waals surface area contributed by atoms with E-state index in [-0.39, 0.29) is 6.04 Å². The van der Waals surface area contributed by atoms with Crippen molar-refractivity contribution in [2.45, 2.75) is 12.5 Å². The Morgan fingerprint density at radius 1 is 1.44 bits per heavy atom. The Morgan fingerprint density at radius 2 is 2.28 bits per heavy atom. The van der Waals surface area contributed by atoms with Crippen LogP contribution in [-0.2, 0) is 13.5 Å². The van der Waals surface area contributed by atoms with Crippen molar-refractivity contribution in [3.63, 3.8) is 0 Å². The summed E-state index contributed by atoms with van der Waals surface area (Å²) in [4.78, 5) is 4.07. The van der Waals surface area contributed by atoms with Crippen LogP contribution in [0.2, 0.25) is 0 Å². The number of aryl methyl sites for hydroxylation is 1. The fourth-order valence-electron chi connectivity index (χ4n) is 2.03. The molecule has 0 aliphatic heterocycles. The highest BCUT2D eigenvalue weighted by molar-refractivity contribution is 5.33. The molecule has 1 unspecified atom stereocenters. The maximum absolute atomic E-state index is 5.35. The van der Waals surface area contributed by atoms with E-state index in [0.29, 0.717) is 0 Å². The highest BCUT2D eigenvalue weighted by Gasteiger charge is 2.15. The van der Waals surface area contributed by atoms with Gasteiger partial charge in [0.25, 0.3) is 0 Å². The molecule has 0 fully saturated rings. The van der Waals surface area contributed by atoms with Gasteiger partial charge in [0.2, 0.25) is 0 Å². The molecule has 0 aliphatic rings. The SMILES string of the molecule is CNC(Cc1cnn(C)c1)c1ccncc1OC. The standard InChI is InChI=1S/C13H18N4O/c1-14-12(6-10-7-16-17(2)9-10)11-4-5-15-8-13(11)18-3/h4-5,7-9,12,14H,6H2,1-3H3. The van der Waals surface area contributed by atoms with E-state index in [0.717, 1.165) is 17.7 Å². The molecule has 0 saturated carbocycles. The highest BCUT2D eigenvalue weighted by atomic mass is 16.5. The zero-order valence-corrected chi connectivity index (χ0v) is 10.9. The predicted octanol–water partition coefficient (Wildman–Crippen LogP) is 1.33. The molecule has 96 valence electrons. The average Bonchev–Trinajstić information content (AvgIpc) is 2.81. The second-order valence-electron chi connectivity index (χ2n) is 4.19. The summed E-state index contributed by atoms with van der Waals surface area (Å²) >= 11 is 0. The molecule has 2 heterocycles. The third kappa shape index (κ3) is 2.68. The van der Waals surface area contributed by atoms with E-state index in [4.69, 9.17) is 4.74 Å². The van der Waals surface area contributed by atoms with E-state index in [9.17, 15) is 0 Å². The van der Waals surface area contributed by atoms with E-state index in [2.05, 4.69) is 15.4 Å². The lowest BCUT2D eigenvalue weighted by Crippen LogP contribution is -2.19. The summed E-state index contributed by atoms with van der Waals surface area (Å²) in [6.45, 7) is 0. The maximum atomic E-state index is 5.35. The van der Waals surface area contributed by atoms with Crippen LogP contribution in [0.1, 0.15) is 17.2 Å². The van der Waals surface area contributed by atoms with Crippen molar-refractivity contribution in [1.29, 1.82) is 0 Å². The monoisotopic (exact) mass is 246 g/mol. The Labute approximate surface area is 107 Å². The van der Waals surface area contributed by atoms with Crippen LogP contribution in [-0.4, -0.2) is 28.9 Å². The number of nitrogens with one attached hydrogen (secondary N) is 1. The Balaban J connectivity index is 2.22. The Kier molecular flexibility index (Phi) is 3.94. The van der Waals surface area contributed by atoms with Crippen molar-refractivity contribution in [1.82, 2.24) is 20.1 Å². The predicted molar refractivity (Wildman–Crippen MR) is 69.5 cm³/mol. The van der Waals surface area contributed by atoms with E-state index < -0.39 is 0 Å². The number of hydrogen-bond acceptors (Lipinski definition) is 4. The second-order valence-corrected chi connectivity index (χ2v) is 4.19. The molecule has 5 nitrogen and oxygen atoms in total. The summed E-state index contributed by atoms with van der Waals surface area (Å²) < 4.78 is 7.16. The molecule has 0 bridgehead atoms. The average molecular weight is 246 g/mol. The van der Waals surface area contributed by atoms with Crippen LogP contribution in [0, 0.1) is 0 Å². The van der Waals surface area contributed by atoms with E-state index in [1.165, 1.54) is 5.56 Å². The van der Waals surface area contributed by atoms with Crippen molar-refractivity contribution >= 4 is 0 Å². The van der Waals surface area contributed by atoms with Crippen molar-refractivity contribution in [3.05, 3.63) is 42.0 Å². The van der Waals surface area contributed by atoms with Crippen molar-refractivity contribution < 1.29 is 4.74 Å². The molecule has 0 saturated heterocycles. The molecule has 2 aromatic rings. The highest BCUT2D eigenvalue weighted by Crippen LogP contribution is 2.26. The molecule has 0 aliphatic carbocycles. The van der Waals surface area contributed by atoms with E-state index >= 15 is 0 Å². The first-order valence-corrected chi connectivity index (χ1v) is 5.87. The minimum atomic E-state index is 0.187. The van der Waals surface area contributed by atoms with E-state index in [1.807, 2.05) is 37.2 Å². The van der Waals surface area contributed by atoms with Gasteiger partial charge in [-0.25, -0.2) is 0 Å². The van der Waals surface area contributed by atoms with Gasteiger partial charge in [-0.3, -0.25) is 9.67 Å². The molecule has 18 heavy (non-hydrogen) atoms. The van der Waals surface area contributed by atoms with Crippen LogP contribution in [0.3, 0.4) is 0 Å². The third-order valence-electron chi connectivity index (χ3n) is 2.96. The van der Waals surface area contributed by atoms with Crippen LogP contribution in [0.15, 0.2) is 30.9 Å². The molecule has 0 aromatic carbocycles. The number of methoxy groups -OCH3 is 1. The molecular formula is C13H18N4O. The molecule has 2 rings (SSSR count). The van der Waals surface area contributed by atoms with Crippen LogP contribution in [0.5, 0.6) is 5.75 Å². The first-order chi connectivity index (χ1) is 8.74. The fraction of sp³-hybridized carbons (Fsp3) is 0.385. The van der Waals surface area contributed by atoms with E-state index in [1.54, 1.807) is 19.5 Å². The molecule has 1 N–H and O–H groups in total. The fourth-order valence-corrected chi connectivity index (χ4v) is 2.03. The molecule has 1 atom stereocenters. The maximum Gasteiger partial charge on any atom is 0.141 e. The van der Waals surface area contributed by atoms with Crippen molar-refractivity contribution in [2.24, 2.45) is 7.05 Å². The topological polar surface area (TPSA) is 52.0 Å². The van der Waals surface area contributed by atoms with Gasteiger partial charge in [0, 0.05) is 31.0 Å². The van der Waals surface area contributed by atoms with Crippen molar-refractivity contribution in [3.8, 4) is 5.75 Å². The summed E-state index contributed by atoms with van der Waals surface area (Å²) in [6.07, 6.45) is 8.30. The Morgan fingerprint density at radius 3 is 2.89 bits per heavy atom. The van der Waals surface area contributed by atoms with Gasteiger partial charge >= 0.3 is 0 Å². The van der Waals surface area contributed by atoms with Gasteiger partial charge in [0.15, 0.2) is 0 Å². The smallest absolute Gasteiger partial charge is 0.141 e. The lowest BCUT2D eigenvalue weighted by Gasteiger charge is -2.18. The zero-order valence-electron chi connectivity index (χ0n) is 10.9. The van der Waals surface area contributed by atoms with Gasteiger partial charge in [0.1, 0.15) is 5.75 Å². The van der Waals surface area contributed by atoms with Gasteiger partial charge in [-0.2, -0.15) is 5.10 Å². The normalized spacial score (nSPS) is 12.4. The van der Waals surface area contributed by atoms with Gasteiger partial charge in [-0.1, -0.05) is 0 Å². The molecule has 0 spiro atoms. The Bertz CT molecular complexity index is 509. The van der Waals surface area contributed by atoms with Gasteiger partial charge < -0.3 is 10.1 Å². The largest absolute Gasteiger partial charge is 0.495 e. The van der Waals surface area contributed by atoms with Crippen LogP contribution in [0.4, 0.5) is 0 Å². The zero-order chi connectivity index (χ0) is 13.0. The van der Waals surface area contributed by atoms with Crippen LogP contribution < -0.4 is 10.1 Å². The van der Waals surface area contributed by atoms with Gasteiger partial charge in [0.05, 0.1) is 19.5 Å². The summed E-state index contributed by atoms with van der Waals surface area (Å²) in [7, 11) is 5.53. The summed E-state index contributed by atoms with van der Waals surface area (Å²) in [5, 5.41) is 7.49. The summed E-state index contributed by atoms with van der Waals surface area (Å²) in [6, 6.07) is 2.17. The number of pyridine rings is 1. The lowest BCUT2D eigenvalue weighted by atomic mass is 10.0. The molecule has 0 amide bonds. The number of rotatable bonds is 5. The minimum Gasteiger partial charge on any atom is -0.495 e. The molecular weight excluding hydrogens is 228 g/mol. The molecule has 0 radical (unpaired) electrons. The third-order valence-corrected chi connectivity index (χ3v) is 2.96. The van der Waals surface area contributed by atoms with Gasteiger partial charge in [-0.15, -0.1) is 0 Å². The Hall–Kier alpha value is -1.88. The quantitative estimate of drug-likeness (QED) is 0.864. The summed E-state index contributed by atoms with van der Waals surface area (Å²) in [5.41, 5.74) is 2.30. The number of likely N-dealkylation sites (N-methyl/N-ethyl adjacent to an activating group) is 1. The van der Waals surface area contributed by atoms with Gasteiger partial charge in [-0.05, 0) is 25.1 Å².